The lowest BCUT2D eigenvalue weighted by Gasteiger charge is -2.14. The number of hydrogen-bond donors (Lipinski definition) is 1. The van der Waals surface area contributed by atoms with Gasteiger partial charge in [-0.05, 0) is 19.5 Å². The van der Waals surface area contributed by atoms with E-state index < -0.39 is 12.8 Å². The van der Waals surface area contributed by atoms with Crippen LogP contribution in [-0.4, -0.2) is 36.4 Å². The third kappa shape index (κ3) is 5.60. The second-order valence-electron chi connectivity index (χ2n) is 3.40. The predicted octanol–water partition coefficient (Wildman–Crippen LogP) is 1.71. The first-order valence-corrected chi connectivity index (χ1v) is 5.11. The molecule has 1 heterocycles. The second kappa shape index (κ2) is 6.51. The molecular formula is C10H14F3N3O. The summed E-state index contributed by atoms with van der Waals surface area (Å²) in [6.45, 7) is -1.22. The molecule has 0 fully saturated rings. The lowest BCUT2D eigenvalue weighted by Crippen LogP contribution is -2.23. The Morgan fingerprint density at radius 1 is 1.35 bits per heavy atom. The van der Waals surface area contributed by atoms with Gasteiger partial charge in [0.25, 0.3) is 0 Å². The van der Waals surface area contributed by atoms with Gasteiger partial charge >= 0.3 is 6.18 Å². The van der Waals surface area contributed by atoms with Crippen LogP contribution in [0.25, 0.3) is 0 Å². The Morgan fingerprint density at radius 3 is 2.53 bits per heavy atom. The minimum absolute atomic E-state index is 0.00324. The van der Waals surface area contributed by atoms with Crippen LogP contribution in [0, 0.1) is 0 Å². The number of alkyl halides is 3. The maximum Gasteiger partial charge on any atom is 0.411 e. The zero-order chi connectivity index (χ0) is 12.7. The topological polar surface area (TPSA) is 47.0 Å². The fourth-order valence-corrected chi connectivity index (χ4v) is 1.28. The van der Waals surface area contributed by atoms with Crippen LogP contribution in [0.15, 0.2) is 18.5 Å². The van der Waals surface area contributed by atoms with Crippen LogP contribution in [0.1, 0.15) is 18.3 Å². The maximum absolute atomic E-state index is 11.8. The number of hydrogen-bond acceptors (Lipinski definition) is 4. The Kier molecular flexibility index (Phi) is 5.30. The van der Waals surface area contributed by atoms with Crippen LogP contribution in [0.2, 0.25) is 0 Å². The molecule has 7 heteroatoms. The zero-order valence-electron chi connectivity index (χ0n) is 9.37. The quantitative estimate of drug-likeness (QED) is 0.780. The lowest BCUT2D eigenvalue weighted by atomic mass is 10.2. The van der Waals surface area contributed by atoms with Crippen molar-refractivity contribution in [3.8, 4) is 0 Å². The van der Waals surface area contributed by atoms with Gasteiger partial charge in [0.1, 0.15) is 12.4 Å². The van der Waals surface area contributed by atoms with Gasteiger partial charge < -0.3 is 10.1 Å². The van der Waals surface area contributed by atoms with Crippen molar-refractivity contribution in [3.63, 3.8) is 0 Å². The molecule has 4 nitrogen and oxygen atoms in total. The van der Waals surface area contributed by atoms with E-state index in [0.29, 0.717) is 12.2 Å². The number of ether oxygens (including phenoxy) is 1. The maximum atomic E-state index is 11.8. The fraction of sp³-hybridized carbons (Fsp3) is 0.600. The molecule has 1 aromatic heterocycles. The Hall–Kier alpha value is -1.21. The Bertz CT molecular complexity index is 318. The van der Waals surface area contributed by atoms with Crippen molar-refractivity contribution in [1.29, 1.82) is 0 Å². The molecule has 0 saturated carbocycles. The molecule has 0 aliphatic rings. The third-order valence-corrected chi connectivity index (χ3v) is 2.06. The van der Waals surface area contributed by atoms with E-state index in [4.69, 9.17) is 0 Å². The summed E-state index contributed by atoms with van der Waals surface area (Å²) in [5, 5.41) is 2.93. The minimum atomic E-state index is -4.28. The van der Waals surface area contributed by atoms with Gasteiger partial charge in [-0.2, -0.15) is 13.2 Å². The predicted molar refractivity (Wildman–Crippen MR) is 55.3 cm³/mol. The van der Waals surface area contributed by atoms with E-state index in [1.54, 1.807) is 25.5 Å². The van der Waals surface area contributed by atoms with E-state index >= 15 is 0 Å². The van der Waals surface area contributed by atoms with Gasteiger partial charge in [-0.15, -0.1) is 0 Å². The van der Waals surface area contributed by atoms with Crippen molar-refractivity contribution in [2.24, 2.45) is 0 Å². The number of halogens is 3. The molecule has 1 N–H and O–H groups in total. The van der Waals surface area contributed by atoms with Crippen LogP contribution in [-0.2, 0) is 4.74 Å². The van der Waals surface area contributed by atoms with Gasteiger partial charge in [0, 0.05) is 19.0 Å². The van der Waals surface area contributed by atoms with Gasteiger partial charge in [0.15, 0.2) is 0 Å². The standard InChI is InChI=1S/C10H14F3N3O/c1-14-8(9-15-4-2-5-16-9)3-6-17-7-10(11,12)13/h2,4-5,8,14H,3,6-7H2,1H3. The Morgan fingerprint density at radius 2 is 2.00 bits per heavy atom. The summed E-state index contributed by atoms with van der Waals surface area (Å²) in [4.78, 5) is 8.05. The molecule has 0 radical (unpaired) electrons. The van der Waals surface area contributed by atoms with Gasteiger partial charge in [0.2, 0.25) is 0 Å². The highest BCUT2D eigenvalue weighted by molar-refractivity contribution is 4.95. The van der Waals surface area contributed by atoms with Crippen LogP contribution in [0.3, 0.4) is 0 Å². The van der Waals surface area contributed by atoms with Crippen molar-refractivity contribution >= 4 is 0 Å². The van der Waals surface area contributed by atoms with Crippen molar-refractivity contribution in [2.75, 3.05) is 20.3 Å². The molecule has 0 saturated heterocycles. The van der Waals surface area contributed by atoms with Crippen molar-refractivity contribution in [2.45, 2.75) is 18.6 Å². The fourth-order valence-electron chi connectivity index (χ4n) is 1.28. The number of aromatic nitrogens is 2. The third-order valence-electron chi connectivity index (χ3n) is 2.06. The molecule has 1 aromatic rings. The molecule has 0 spiro atoms. The average Bonchev–Trinajstić information content (AvgIpc) is 2.29. The van der Waals surface area contributed by atoms with Gasteiger partial charge in [0.05, 0.1) is 6.04 Å². The number of nitrogens with zero attached hydrogens (tertiary/aromatic N) is 2. The largest absolute Gasteiger partial charge is 0.411 e. The SMILES string of the molecule is CNC(CCOCC(F)(F)F)c1ncccn1. The molecule has 0 aromatic carbocycles. The van der Waals surface area contributed by atoms with Crippen molar-refractivity contribution < 1.29 is 17.9 Å². The minimum Gasteiger partial charge on any atom is -0.372 e. The molecule has 1 unspecified atom stereocenters. The molecule has 0 amide bonds. The highest BCUT2D eigenvalue weighted by Crippen LogP contribution is 2.16. The van der Waals surface area contributed by atoms with E-state index in [-0.39, 0.29) is 12.6 Å². The van der Waals surface area contributed by atoms with Gasteiger partial charge in [-0.3, -0.25) is 0 Å². The van der Waals surface area contributed by atoms with E-state index in [1.807, 2.05) is 0 Å². The number of rotatable bonds is 6. The van der Waals surface area contributed by atoms with Crippen molar-refractivity contribution in [1.82, 2.24) is 15.3 Å². The average molecular weight is 249 g/mol. The van der Waals surface area contributed by atoms with Crippen LogP contribution in [0.4, 0.5) is 13.2 Å². The van der Waals surface area contributed by atoms with Crippen molar-refractivity contribution in [3.05, 3.63) is 24.3 Å². The highest BCUT2D eigenvalue weighted by atomic mass is 19.4. The summed E-state index contributed by atoms with van der Waals surface area (Å²) in [6, 6.07) is 1.47. The van der Waals surface area contributed by atoms with Crippen LogP contribution < -0.4 is 5.32 Å². The molecule has 0 aliphatic heterocycles. The summed E-state index contributed by atoms with van der Waals surface area (Å²) in [6.07, 6.45) is -0.721. The van der Waals surface area contributed by atoms with E-state index in [9.17, 15) is 13.2 Å². The normalized spacial score (nSPS) is 13.6. The van der Waals surface area contributed by atoms with Crippen LogP contribution in [0.5, 0.6) is 0 Å². The summed E-state index contributed by atoms with van der Waals surface area (Å²) in [5.74, 6) is 0.547. The monoisotopic (exact) mass is 249 g/mol. The first-order valence-electron chi connectivity index (χ1n) is 5.11. The molecule has 1 atom stereocenters. The summed E-state index contributed by atoms with van der Waals surface area (Å²) in [5.41, 5.74) is 0. The summed E-state index contributed by atoms with van der Waals surface area (Å²) < 4.78 is 40.0. The molecule has 96 valence electrons. The van der Waals surface area contributed by atoms with Gasteiger partial charge in [-0.25, -0.2) is 9.97 Å². The number of nitrogens with one attached hydrogen (secondary N) is 1. The second-order valence-corrected chi connectivity index (χ2v) is 3.40. The highest BCUT2D eigenvalue weighted by Gasteiger charge is 2.27. The summed E-state index contributed by atoms with van der Waals surface area (Å²) in [7, 11) is 1.70. The van der Waals surface area contributed by atoms with E-state index in [0.717, 1.165) is 0 Å². The molecule has 0 bridgehead atoms. The molecule has 17 heavy (non-hydrogen) atoms. The Labute approximate surface area is 97.2 Å². The first kappa shape index (κ1) is 13.9. The van der Waals surface area contributed by atoms with E-state index in [1.165, 1.54) is 0 Å². The first-order chi connectivity index (χ1) is 8.03. The smallest absolute Gasteiger partial charge is 0.372 e. The zero-order valence-corrected chi connectivity index (χ0v) is 9.37. The summed E-state index contributed by atoms with van der Waals surface area (Å²) >= 11 is 0. The van der Waals surface area contributed by atoms with Gasteiger partial charge in [-0.1, -0.05) is 0 Å². The molecule has 1 rings (SSSR count). The Balaban J connectivity index is 2.34. The molecule has 0 aliphatic carbocycles. The van der Waals surface area contributed by atoms with Crippen LogP contribution >= 0.6 is 0 Å². The van der Waals surface area contributed by atoms with E-state index in [2.05, 4.69) is 20.0 Å². The molecular weight excluding hydrogens is 235 g/mol. The lowest BCUT2D eigenvalue weighted by molar-refractivity contribution is -0.174.